The predicted molar refractivity (Wildman–Crippen MR) is 118 cm³/mol. The van der Waals surface area contributed by atoms with Crippen molar-refractivity contribution in [3.8, 4) is 0 Å². The molecule has 3 rings (SSSR count). The topological polar surface area (TPSA) is 3.24 Å². The molecule has 0 aliphatic heterocycles. The highest BCUT2D eigenvalue weighted by Crippen LogP contribution is 2.37. The van der Waals surface area contributed by atoms with Crippen LogP contribution in [0.2, 0.25) is 0 Å². The Labute approximate surface area is 175 Å². The lowest BCUT2D eigenvalue weighted by Crippen LogP contribution is -2.29. The van der Waals surface area contributed by atoms with Gasteiger partial charge in [0.15, 0.2) is 0 Å². The van der Waals surface area contributed by atoms with Gasteiger partial charge in [0.2, 0.25) is 0 Å². The van der Waals surface area contributed by atoms with Crippen LogP contribution in [0.3, 0.4) is 0 Å². The molecule has 1 aliphatic carbocycles. The van der Waals surface area contributed by atoms with Gasteiger partial charge in [-0.1, -0.05) is 61.5 Å². The average Bonchev–Trinajstić information content (AvgIpc) is 2.74. The molecule has 2 atom stereocenters. The van der Waals surface area contributed by atoms with Crippen molar-refractivity contribution in [3.63, 3.8) is 0 Å². The van der Waals surface area contributed by atoms with Gasteiger partial charge in [-0.25, -0.2) is 8.78 Å². The summed E-state index contributed by atoms with van der Waals surface area (Å²) in [7, 11) is 0. The van der Waals surface area contributed by atoms with Crippen molar-refractivity contribution in [2.45, 2.75) is 70.1 Å². The van der Waals surface area contributed by atoms with Gasteiger partial charge in [-0.15, -0.1) is 0 Å². The maximum atomic E-state index is 14.2. The number of benzene rings is 2. The fraction of sp³-hybridized carbons (Fsp3) is 0.538. The Bertz CT molecular complexity index is 690. The highest BCUT2D eigenvalue weighted by molar-refractivity contribution is 5.28. The van der Waals surface area contributed by atoms with E-state index in [0.29, 0.717) is 19.3 Å². The molecule has 0 bridgehead atoms. The highest BCUT2D eigenvalue weighted by atomic mass is 19.1. The molecule has 1 fully saturated rings. The Morgan fingerprint density at radius 3 is 2.10 bits per heavy atom. The first-order valence-electron chi connectivity index (χ1n) is 11.3. The summed E-state index contributed by atoms with van der Waals surface area (Å²) in [4.78, 5) is 2.55. The highest BCUT2D eigenvalue weighted by Gasteiger charge is 2.34. The number of alkyl halides is 2. The molecule has 0 spiro atoms. The molecule has 3 heteroatoms. The van der Waals surface area contributed by atoms with E-state index < -0.39 is 18.3 Å². The molecule has 158 valence electrons. The summed E-state index contributed by atoms with van der Waals surface area (Å²) >= 11 is 0. The van der Waals surface area contributed by atoms with E-state index in [-0.39, 0.29) is 0 Å². The van der Waals surface area contributed by atoms with Gasteiger partial charge in [-0.3, -0.25) is 0 Å². The summed E-state index contributed by atoms with van der Waals surface area (Å²) in [6.45, 7) is 5.54. The summed E-state index contributed by atoms with van der Waals surface area (Å²) in [6, 6.07) is 18.7. The lowest BCUT2D eigenvalue weighted by Gasteiger charge is -2.29. The Hall–Kier alpha value is -1.74. The van der Waals surface area contributed by atoms with Gasteiger partial charge in [-0.05, 0) is 74.7 Å². The molecule has 29 heavy (non-hydrogen) atoms. The molecule has 0 saturated heterocycles. The minimum absolute atomic E-state index is 0.489. The van der Waals surface area contributed by atoms with Gasteiger partial charge in [-0.2, -0.15) is 0 Å². The summed E-state index contributed by atoms with van der Waals surface area (Å²) in [5.74, 6) is -0.573. The summed E-state index contributed by atoms with van der Waals surface area (Å²) in [6.07, 6.45) is 3.92. The zero-order chi connectivity index (χ0) is 20.5. The predicted octanol–water partition coefficient (Wildman–Crippen LogP) is 6.52. The quantitative estimate of drug-likeness (QED) is 0.440. The first kappa shape index (κ1) is 22.0. The molecule has 1 saturated carbocycles. The van der Waals surface area contributed by atoms with Gasteiger partial charge >= 0.3 is 0 Å². The van der Waals surface area contributed by atoms with Crippen molar-refractivity contribution in [2.75, 3.05) is 19.6 Å². The zero-order valence-corrected chi connectivity index (χ0v) is 17.7. The number of hydrogen-bond acceptors (Lipinski definition) is 1. The lowest BCUT2D eigenvalue weighted by atomic mass is 9.81. The Morgan fingerprint density at radius 2 is 1.45 bits per heavy atom. The molecule has 1 nitrogen and oxygen atoms in total. The van der Waals surface area contributed by atoms with Gasteiger partial charge in [0, 0.05) is 12.5 Å². The van der Waals surface area contributed by atoms with Gasteiger partial charge in [0.1, 0.15) is 12.3 Å². The van der Waals surface area contributed by atoms with Crippen molar-refractivity contribution in [3.05, 3.63) is 71.3 Å². The van der Waals surface area contributed by atoms with Crippen LogP contribution in [0.4, 0.5) is 8.78 Å². The van der Waals surface area contributed by atoms with Crippen molar-refractivity contribution >= 4 is 0 Å². The van der Waals surface area contributed by atoms with E-state index in [4.69, 9.17) is 0 Å². The van der Waals surface area contributed by atoms with Crippen LogP contribution >= 0.6 is 0 Å². The van der Waals surface area contributed by atoms with Crippen molar-refractivity contribution in [1.29, 1.82) is 0 Å². The van der Waals surface area contributed by atoms with E-state index in [1.165, 1.54) is 17.5 Å². The van der Waals surface area contributed by atoms with Crippen LogP contribution in [0.25, 0.3) is 0 Å². The lowest BCUT2D eigenvalue weighted by molar-refractivity contribution is 0.124. The van der Waals surface area contributed by atoms with Gasteiger partial charge in [0.05, 0.1) is 0 Å². The van der Waals surface area contributed by atoms with Gasteiger partial charge in [0.25, 0.3) is 0 Å². The molecule has 0 N–H and O–H groups in total. The molecule has 0 radical (unpaired) electrons. The normalized spacial score (nSPS) is 22.1. The molecule has 1 aliphatic rings. The van der Waals surface area contributed by atoms with Crippen LogP contribution in [0.1, 0.15) is 61.6 Å². The monoisotopic (exact) mass is 399 g/mol. The SMILES string of the molecule is CCCN(CCCc1ccc(C2C(F)CCCC2F)cc1)CCc1ccccc1. The third-order valence-electron chi connectivity index (χ3n) is 6.14. The number of hydrogen-bond donors (Lipinski definition) is 0. The first-order chi connectivity index (χ1) is 14.2. The molecule has 0 heterocycles. The Balaban J connectivity index is 1.47. The first-order valence-corrected chi connectivity index (χ1v) is 11.3. The minimum atomic E-state index is -1.04. The maximum Gasteiger partial charge on any atom is 0.110 e. The second-order valence-corrected chi connectivity index (χ2v) is 8.41. The molecular weight excluding hydrogens is 364 g/mol. The summed E-state index contributed by atoms with van der Waals surface area (Å²) in [5.41, 5.74) is 3.48. The Morgan fingerprint density at radius 1 is 0.793 bits per heavy atom. The largest absolute Gasteiger partial charge is 0.303 e. The molecule has 2 unspecified atom stereocenters. The summed E-state index contributed by atoms with van der Waals surface area (Å²) < 4.78 is 28.4. The number of nitrogens with zero attached hydrogens (tertiary/aromatic N) is 1. The van der Waals surface area contributed by atoms with E-state index in [1.807, 2.05) is 12.1 Å². The second kappa shape index (κ2) is 11.4. The van der Waals surface area contributed by atoms with Crippen molar-refractivity contribution < 1.29 is 8.78 Å². The number of halogens is 2. The van der Waals surface area contributed by atoms with Crippen LogP contribution in [-0.4, -0.2) is 36.9 Å². The van der Waals surface area contributed by atoms with Gasteiger partial charge < -0.3 is 4.90 Å². The third-order valence-corrected chi connectivity index (χ3v) is 6.14. The fourth-order valence-corrected chi connectivity index (χ4v) is 4.51. The van der Waals surface area contributed by atoms with Crippen LogP contribution in [0.5, 0.6) is 0 Å². The molecule has 2 aromatic carbocycles. The van der Waals surface area contributed by atoms with Crippen LogP contribution in [0.15, 0.2) is 54.6 Å². The second-order valence-electron chi connectivity index (χ2n) is 8.41. The van der Waals surface area contributed by atoms with E-state index in [9.17, 15) is 8.78 Å². The average molecular weight is 400 g/mol. The van der Waals surface area contributed by atoms with Crippen LogP contribution in [0, 0.1) is 0 Å². The minimum Gasteiger partial charge on any atom is -0.303 e. The fourth-order valence-electron chi connectivity index (χ4n) is 4.51. The summed E-state index contributed by atoms with van der Waals surface area (Å²) in [5, 5.41) is 0. The Kier molecular flexibility index (Phi) is 8.67. The molecule has 0 aromatic heterocycles. The zero-order valence-electron chi connectivity index (χ0n) is 17.7. The van der Waals surface area contributed by atoms with Crippen LogP contribution in [-0.2, 0) is 12.8 Å². The molecule has 0 amide bonds. The van der Waals surface area contributed by atoms with Crippen molar-refractivity contribution in [1.82, 2.24) is 4.90 Å². The van der Waals surface area contributed by atoms with Crippen molar-refractivity contribution in [2.24, 2.45) is 0 Å². The standard InChI is InChI=1S/C26H35F2N/c1-2-18-29(20-17-21-8-4-3-5-9-21)19-7-10-22-13-15-23(16-14-22)26-24(27)11-6-12-25(26)28/h3-5,8-9,13-16,24-26H,2,6-7,10-12,17-20H2,1H3. The number of rotatable bonds is 10. The molecule has 2 aromatic rings. The third kappa shape index (κ3) is 6.64. The van der Waals surface area contributed by atoms with E-state index in [1.54, 1.807) is 0 Å². The van der Waals surface area contributed by atoms with Crippen LogP contribution < -0.4 is 0 Å². The smallest absolute Gasteiger partial charge is 0.110 e. The van der Waals surface area contributed by atoms with E-state index in [2.05, 4.69) is 54.3 Å². The van der Waals surface area contributed by atoms with E-state index in [0.717, 1.165) is 44.5 Å². The van der Waals surface area contributed by atoms with E-state index >= 15 is 0 Å². The molecular formula is C26H35F2N. The number of aryl methyl sites for hydroxylation is 1. The maximum absolute atomic E-state index is 14.2.